The topological polar surface area (TPSA) is 35.3 Å². The van der Waals surface area contributed by atoms with Crippen molar-refractivity contribution < 1.29 is 9.26 Å². The number of hydrogen-bond acceptors (Lipinski definition) is 3. The Bertz CT molecular complexity index is 693. The molecule has 0 atom stereocenters. The van der Waals surface area contributed by atoms with Gasteiger partial charge in [0.1, 0.15) is 18.1 Å². The zero-order valence-corrected chi connectivity index (χ0v) is 13.0. The van der Waals surface area contributed by atoms with E-state index in [0.717, 1.165) is 28.3 Å². The molecular formula is C19H21NO2. The third-order valence-electron chi connectivity index (χ3n) is 4.88. The normalized spacial score (nSPS) is 19.0. The molecule has 2 aromatic rings. The first kappa shape index (κ1) is 13.6. The molecule has 4 rings (SSSR count). The maximum Gasteiger partial charge on any atom is 0.147 e. The average molecular weight is 295 g/mol. The number of aromatic nitrogens is 1. The lowest BCUT2D eigenvalue weighted by atomic mass is 10.0. The van der Waals surface area contributed by atoms with E-state index in [1.807, 2.05) is 18.2 Å². The Labute approximate surface area is 131 Å². The molecule has 3 heteroatoms. The molecule has 3 nitrogen and oxygen atoms in total. The van der Waals surface area contributed by atoms with Gasteiger partial charge in [-0.2, -0.15) is 0 Å². The predicted molar refractivity (Wildman–Crippen MR) is 85.2 cm³/mol. The third-order valence-corrected chi connectivity index (χ3v) is 4.88. The zero-order chi connectivity index (χ0) is 15.2. The minimum atomic E-state index is 0.184. The van der Waals surface area contributed by atoms with Crippen LogP contribution in [0.3, 0.4) is 0 Å². The molecule has 22 heavy (non-hydrogen) atoms. The van der Waals surface area contributed by atoms with E-state index >= 15 is 0 Å². The first-order valence-electron chi connectivity index (χ1n) is 8.03. The molecule has 0 aliphatic heterocycles. The maximum absolute atomic E-state index is 6.00. The summed E-state index contributed by atoms with van der Waals surface area (Å²) in [5.74, 6) is 2.43. The SMILES string of the molecule is C=C(OCc1c(-c2ccccc2)noc1C1CC1)C1(C)CC1. The van der Waals surface area contributed by atoms with E-state index in [-0.39, 0.29) is 5.41 Å². The van der Waals surface area contributed by atoms with Crippen molar-refractivity contribution in [3.8, 4) is 11.3 Å². The van der Waals surface area contributed by atoms with E-state index in [2.05, 4.69) is 30.8 Å². The number of rotatable bonds is 6. The molecule has 0 bridgehead atoms. The van der Waals surface area contributed by atoms with Crippen LogP contribution in [0.1, 0.15) is 49.8 Å². The summed E-state index contributed by atoms with van der Waals surface area (Å²) < 4.78 is 11.6. The van der Waals surface area contributed by atoms with Gasteiger partial charge in [-0.05, 0) is 25.7 Å². The quantitative estimate of drug-likeness (QED) is 0.699. The molecule has 0 unspecified atom stereocenters. The van der Waals surface area contributed by atoms with Crippen molar-refractivity contribution in [3.63, 3.8) is 0 Å². The minimum Gasteiger partial charge on any atom is -0.493 e. The molecular weight excluding hydrogens is 274 g/mol. The monoisotopic (exact) mass is 295 g/mol. The van der Waals surface area contributed by atoms with Gasteiger partial charge in [0.15, 0.2) is 0 Å². The van der Waals surface area contributed by atoms with E-state index in [0.29, 0.717) is 12.5 Å². The van der Waals surface area contributed by atoms with Crippen LogP contribution in [0.25, 0.3) is 11.3 Å². The Morgan fingerprint density at radius 2 is 2.05 bits per heavy atom. The van der Waals surface area contributed by atoms with Gasteiger partial charge in [0.05, 0.1) is 11.3 Å². The fourth-order valence-corrected chi connectivity index (χ4v) is 2.75. The Hall–Kier alpha value is -2.03. The van der Waals surface area contributed by atoms with Crippen LogP contribution in [0.15, 0.2) is 47.2 Å². The van der Waals surface area contributed by atoms with Gasteiger partial charge in [0.25, 0.3) is 0 Å². The summed E-state index contributed by atoms with van der Waals surface area (Å²) in [7, 11) is 0. The lowest BCUT2D eigenvalue weighted by molar-refractivity contribution is 0.162. The molecule has 0 spiro atoms. The molecule has 2 aliphatic carbocycles. The van der Waals surface area contributed by atoms with Crippen LogP contribution in [0.5, 0.6) is 0 Å². The van der Waals surface area contributed by atoms with E-state index in [1.54, 1.807) is 0 Å². The van der Waals surface area contributed by atoms with Crippen molar-refractivity contribution in [1.82, 2.24) is 5.16 Å². The minimum absolute atomic E-state index is 0.184. The number of hydrogen-bond donors (Lipinski definition) is 0. The number of allylic oxidation sites excluding steroid dienone is 1. The molecule has 0 radical (unpaired) electrons. The lowest BCUT2D eigenvalue weighted by Crippen LogP contribution is -2.04. The van der Waals surface area contributed by atoms with E-state index in [9.17, 15) is 0 Å². The molecule has 2 saturated carbocycles. The predicted octanol–water partition coefficient (Wildman–Crippen LogP) is 5.05. The third kappa shape index (κ3) is 2.45. The van der Waals surface area contributed by atoms with Crippen LogP contribution >= 0.6 is 0 Å². The summed E-state index contributed by atoms with van der Waals surface area (Å²) >= 11 is 0. The molecule has 2 fully saturated rings. The van der Waals surface area contributed by atoms with Crippen molar-refractivity contribution in [1.29, 1.82) is 0 Å². The molecule has 1 aromatic heterocycles. The largest absolute Gasteiger partial charge is 0.493 e. The average Bonchev–Trinajstić information content (AvgIpc) is 3.47. The summed E-state index contributed by atoms with van der Waals surface area (Å²) in [6.45, 7) is 6.83. The number of nitrogens with zero attached hydrogens (tertiary/aromatic N) is 1. The second kappa shape index (κ2) is 5.01. The smallest absolute Gasteiger partial charge is 0.147 e. The second-order valence-electron chi connectivity index (χ2n) is 6.79. The summed E-state index contributed by atoms with van der Waals surface area (Å²) in [4.78, 5) is 0. The highest BCUT2D eigenvalue weighted by molar-refractivity contribution is 5.63. The maximum atomic E-state index is 6.00. The standard InChI is InChI=1S/C19H21NO2/c1-13(19(2)10-11-19)21-12-16-17(14-6-4-3-5-7-14)20-22-18(16)15-8-9-15/h3-7,15H,1,8-12H2,2H3. The molecule has 1 heterocycles. The van der Waals surface area contributed by atoms with Gasteiger partial charge in [-0.15, -0.1) is 0 Å². The van der Waals surface area contributed by atoms with Gasteiger partial charge in [0, 0.05) is 16.9 Å². The molecule has 1 aromatic carbocycles. The Morgan fingerprint density at radius 3 is 2.68 bits per heavy atom. The van der Waals surface area contributed by atoms with Crippen LogP contribution in [0, 0.1) is 5.41 Å². The van der Waals surface area contributed by atoms with Crippen LogP contribution in [0.4, 0.5) is 0 Å². The van der Waals surface area contributed by atoms with Crippen LogP contribution in [0.2, 0.25) is 0 Å². The second-order valence-corrected chi connectivity index (χ2v) is 6.79. The van der Waals surface area contributed by atoms with Gasteiger partial charge >= 0.3 is 0 Å². The fourth-order valence-electron chi connectivity index (χ4n) is 2.75. The Kier molecular flexibility index (Phi) is 3.10. The first-order chi connectivity index (χ1) is 10.7. The van der Waals surface area contributed by atoms with E-state index in [1.165, 1.54) is 25.7 Å². The molecule has 114 valence electrons. The highest BCUT2D eigenvalue weighted by Crippen LogP contribution is 2.51. The molecule has 0 saturated heterocycles. The van der Waals surface area contributed by atoms with Crippen molar-refractivity contribution in [2.45, 2.75) is 45.1 Å². The van der Waals surface area contributed by atoms with Crippen molar-refractivity contribution in [2.24, 2.45) is 5.41 Å². The van der Waals surface area contributed by atoms with E-state index < -0.39 is 0 Å². The van der Waals surface area contributed by atoms with Crippen molar-refractivity contribution >= 4 is 0 Å². The molecule has 0 amide bonds. The van der Waals surface area contributed by atoms with Gasteiger partial charge in [-0.25, -0.2) is 0 Å². The molecule has 0 N–H and O–H groups in total. The van der Waals surface area contributed by atoms with Crippen molar-refractivity contribution in [2.75, 3.05) is 0 Å². The fraction of sp³-hybridized carbons (Fsp3) is 0.421. The first-order valence-corrected chi connectivity index (χ1v) is 8.03. The highest BCUT2D eigenvalue weighted by Gasteiger charge is 2.42. The zero-order valence-electron chi connectivity index (χ0n) is 13.0. The lowest BCUT2D eigenvalue weighted by Gasteiger charge is -2.14. The van der Waals surface area contributed by atoms with Gasteiger partial charge < -0.3 is 9.26 Å². The van der Waals surface area contributed by atoms with E-state index in [4.69, 9.17) is 9.26 Å². The van der Waals surface area contributed by atoms with Crippen molar-refractivity contribution in [3.05, 3.63) is 54.0 Å². The Balaban J connectivity index is 1.61. The summed E-state index contributed by atoms with van der Waals surface area (Å²) in [5.41, 5.74) is 3.28. The highest BCUT2D eigenvalue weighted by atomic mass is 16.5. The number of benzene rings is 1. The van der Waals surface area contributed by atoms with Gasteiger partial charge in [-0.3, -0.25) is 0 Å². The van der Waals surface area contributed by atoms with Crippen LogP contribution < -0.4 is 0 Å². The Morgan fingerprint density at radius 1 is 1.32 bits per heavy atom. The van der Waals surface area contributed by atoms with Gasteiger partial charge in [-0.1, -0.05) is 49.0 Å². The molecule has 2 aliphatic rings. The number of ether oxygens (including phenoxy) is 1. The van der Waals surface area contributed by atoms with Crippen LogP contribution in [-0.4, -0.2) is 5.16 Å². The summed E-state index contributed by atoms with van der Waals surface area (Å²) in [5, 5.41) is 4.32. The summed E-state index contributed by atoms with van der Waals surface area (Å²) in [6, 6.07) is 10.2. The van der Waals surface area contributed by atoms with Gasteiger partial charge in [0.2, 0.25) is 0 Å². The van der Waals surface area contributed by atoms with Crippen LogP contribution in [-0.2, 0) is 11.3 Å². The summed E-state index contributed by atoms with van der Waals surface area (Å²) in [6.07, 6.45) is 4.73.